The van der Waals surface area contributed by atoms with Crippen molar-refractivity contribution in [2.45, 2.75) is 40.2 Å². The van der Waals surface area contributed by atoms with Crippen LogP contribution in [0.3, 0.4) is 0 Å². The van der Waals surface area contributed by atoms with E-state index in [1.165, 1.54) is 0 Å². The van der Waals surface area contributed by atoms with Crippen LogP contribution in [-0.4, -0.2) is 68.8 Å². The Balaban J connectivity index is 1.77. The Morgan fingerprint density at radius 1 is 0.925 bits per heavy atom. The summed E-state index contributed by atoms with van der Waals surface area (Å²) in [6, 6.07) is 15.4. The molecule has 0 aliphatic carbocycles. The second-order valence-electron chi connectivity index (χ2n) is 9.50. The van der Waals surface area contributed by atoms with Gasteiger partial charge in [-0.15, -0.1) is 11.3 Å². The zero-order chi connectivity index (χ0) is 28.9. The van der Waals surface area contributed by atoms with Gasteiger partial charge in [-0.3, -0.25) is 4.79 Å². The lowest BCUT2D eigenvalue weighted by atomic mass is 10.1. The van der Waals surface area contributed by atoms with E-state index >= 15 is 0 Å². The number of aryl methyl sites for hydroxylation is 2. The largest absolute Gasteiger partial charge is 0.493 e. The minimum absolute atomic E-state index is 0.0276. The Labute approximate surface area is 241 Å². The van der Waals surface area contributed by atoms with Crippen LogP contribution in [0, 0.1) is 13.8 Å². The number of urea groups is 1. The van der Waals surface area contributed by atoms with E-state index in [0.29, 0.717) is 57.2 Å². The minimum atomic E-state index is -0.293. The van der Waals surface area contributed by atoms with Crippen LogP contribution in [0.15, 0.2) is 53.9 Å². The fourth-order valence-corrected chi connectivity index (χ4v) is 5.12. The highest BCUT2D eigenvalue weighted by Crippen LogP contribution is 2.28. The summed E-state index contributed by atoms with van der Waals surface area (Å²) >= 11 is 1.61. The second-order valence-corrected chi connectivity index (χ2v) is 10.5. The van der Waals surface area contributed by atoms with Crippen LogP contribution in [-0.2, 0) is 22.5 Å². The number of rotatable bonds is 15. The summed E-state index contributed by atoms with van der Waals surface area (Å²) in [4.78, 5) is 31.7. The van der Waals surface area contributed by atoms with E-state index in [2.05, 4.69) is 5.32 Å². The summed E-state index contributed by atoms with van der Waals surface area (Å²) in [5, 5.41) is 5.05. The van der Waals surface area contributed by atoms with Gasteiger partial charge in [0.05, 0.1) is 20.8 Å². The average molecular weight is 568 g/mol. The van der Waals surface area contributed by atoms with Crippen molar-refractivity contribution in [2.75, 3.05) is 52.4 Å². The zero-order valence-electron chi connectivity index (χ0n) is 24.2. The highest BCUT2D eigenvalue weighted by Gasteiger charge is 2.23. The zero-order valence-corrected chi connectivity index (χ0v) is 25.0. The molecule has 1 aromatic heterocycles. The Morgan fingerprint density at radius 2 is 1.68 bits per heavy atom. The van der Waals surface area contributed by atoms with Gasteiger partial charge in [-0.2, -0.15) is 0 Å². The molecule has 9 heteroatoms. The van der Waals surface area contributed by atoms with Crippen molar-refractivity contribution in [3.05, 3.63) is 75.5 Å². The summed E-state index contributed by atoms with van der Waals surface area (Å²) in [5.41, 5.74) is 3.76. The molecule has 0 saturated carbocycles. The maximum absolute atomic E-state index is 13.7. The number of carbonyl (C=O) groups excluding carboxylic acids is 2. The van der Waals surface area contributed by atoms with Crippen molar-refractivity contribution in [1.29, 1.82) is 0 Å². The van der Waals surface area contributed by atoms with Crippen LogP contribution in [0.25, 0.3) is 0 Å². The van der Waals surface area contributed by atoms with E-state index in [1.807, 2.05) is 79.6 Å². The first-order valence-electron chi connectivity index (χ1n) is 13.6. The third-order valence-corrected chi connectivity index (χ3v) is 7.51. The van der Waals surface area contributed by atoms with E-state index in [0.717, 1.165) is 27.3 Å². The van der Waals surface area contributed by atoms with Crippen LogP contribution in [0.5, 0.6) is 11.5 Å². The lowest BCUT2D eigenvalue weighted by molar-refractivity contribution is -0.132. The third-order valence-electron chi connectivity index (χ3n) is 6.65. The number of hydrogen-bond acceptors (Lipinski definition) is 6. The van der Waals surface area contributed by atoms with Crippen molar-refractivity contribution in [3.8, 4) is 11.5 Å². The predicted octanol–water partition coefficient (Wildman–Crippen LogP) is 5.91. The van der Waals surface area contributed by atoms with Gasteiger partial charge in [0.15, 0.2) is 11.5 Å². The number of amides is 3. The summed E-state index contributed by atoms with van der Waals surface area (Å²) in [6.07, 6.45) is 1.27. The smallest absolute Gasteiger partial charge is 0.322 e. The molecule has 0 spiro atoms. The molecule has 0 aliphatic rings. The number of hydrogen-bond donors (Lipinski definition) is 1. The summed E-state index contributed by atoms with van der Waals surface area (Å²) < 4.78 is 16.3. The van der Waals surface area contributed by atoms with Crippen LogP contribution < -0.4 is 14.8 Å². The number of methoxy groups -OCH3 is 2. The standard InChI is InChI=1S/C31H41N3O5S/c1-6-39-18-9-16-34(31(36)32-30-23(2)10-7-11-24(30)3)22-29(35)33(21-26-12-8-19-40-26)17-15-25-13-14-27(37-4)28(20-25)38-5/h7-8,10-14,19-20H,6,9,15-18,21-22H2,1-5H3,(H,32,36). The van der Waals surface area contributed by atoms with Gasteiger partial charge < -0.3 is 29.3 Å². The molecule has 0 saturated heterocycles. The topological polar surface area (TPSA) is 80.3 Å². The van der Waals surface area contributed by atoms with Crippen molar-refractivity contribution in [2.24, 2.45) is 0 Å². The number of para-hydroxylation sites is 1. The summed E-state index contributed by atoms with van der Waals surface area (Å²) in [5.74, 6) is 1.21. The normalized spacial score (nSPS) is 10.7. The monoisotopic (exact) mass is 567 g/mol. The first kappa shape index (κ1) is 31.0. The van der Waals surface area contributed by atoms with Crippen molar-refractivity contribution in [1.82, 2.24) is 9.80 Å². The SMILES string of the molecule is CCOCCCN(CC(=O)N(CCc1ccc(OC)c(OC)c1)Cc1cccs1)C(=O)Nc1c(C)cccc1C. The van der Waals surface area contributed by atoms with Crippen LogP contribution in [0.4, 0.5) is 10.5 Å². The number of anilines is 1. The van der Waals surface area contributed by atoms with Gasteiger partial charge in [0.1, 0.15) is 6.54 Å². The molecule has 0 unspecified atom stereocenters. The molecule has 40 heavy (non-hydrogen) atoms. The van der Waals surface area contributed by atoms with Gasteiger partial charge in [-0.05, 0) is 73.9 Å². The van der Waals surface area contributed by atoms with Gasteiger partial charge in [-0.25, -0.2) is 4.79 Å². The van der Waals surface area contributed by atoms with Crippen molar-refractivity contribution >= 4 is 29.0 Å². The second kappa shape index (κ2) is 15.9. The quantitative estimate of drug-likeness (QED) is 0.231. The maximum atomic E-state index is 13.7. The molecule has 2 aromatic carbocycles. The van der Waals surface area contributed by atoms with Gasteiger partial charge in [0, 0.05) is 36.9 Å². The summed E-state index contributed by atoms with van der Waals surface area (Å²) in [7, 11) is 3.22. The van der Waals surface area contributed by atoms with Crippen LogP contribution in [0.1, 0.15) is 34.9 Å². The minimum Gasteiger partial charge on any atom is -0.493 e. The van der Waals surface area contributed by atoms with Gasteiger partial charge >= 0.3 is 6.03 Å². The predicted molar refractivity (Wildman–Crippen MR) is 161 cm³/mol. The fraction of sp³-hybridized carbons (Fsp3) is 0.419. The molecule has 1 heterocycles. The van der Waals surface area contributed by atoms with Gasteiger partial charge in [-0.1, -0.05) is 30.3 Å². The van der Waals surface area contributed by atoms with Crippen molar-refractivity contribution < 1.29 is 23.8 Å². The summed E-state index contributed by atoms with van der Waals surface area (Å²) in [6.45, 7) is 8.36. The van der Waals surface area contributed by atoms with E-state index in [4.69, 9.17) is 14.2 Å². The maximum Gasteiger partial charge on any atom is 0.322 e. The number of ether oxygens (including phenoxy) is 3. The van der Waals surface area contributed by atoms with E-state index in [1.54, 1.807) is 30.5 Å². The lowest BCUT2D eigenvalue weighted by Crippen LogP contribution is -2.45. The molecule has 0 atom stereocenters. The number of nitrogens with one attached hydrogen (secondary N) is 1. The third kappa shape index (κ3) is 8.99. The molecule has 0 radical (unpaired) electrons. The first-order chi connectivity index (χ1) is 19.4. The van der Waals surface area contributed by atoms with Gasteiger partial charge in [0.2, 0.25) is 5.91 Å². The molecule has 3 aromatic rings. The molecule has 3 rings (SSSR count). The highest BCUT2D eigenvalue weighted by molar-refractivity contribution is 7.09. The average Bonchev–Trinajstić information content (AvgIpc) is 3.47. The van der Waals surface area contributed by atoms with Crippen LogP contribution in [0.2, 0.25) is 0 Å². The Kier molecular flexibility index (Phi) is 12.3. The van der Waals surface area contributed by atoms with Crippen molar-refractivity contribution in [3.63, 3.8) is 0 Å². The number of thiophene rings is 1. The lowest BCUT2D eigenvalue weighted by Gasteiger charge is -2.28. The molecular weight excluding hydrogens is 526 g/mol. The van der Waals surface area contributed by atoms with Crippen LogP contribution >= 0.6 is 11.3 Å². The highest BCUT2D eigenvalue weighted by atomic mass is 32.1. The molecule has 8 nitrogen and oxygen atoms in total. The number of nitrogens with zero attached hydrogens (tertiary/aromatic N) is 2. The van der Waals surface area contributed by atoms with Gasteiger partial charge in [0.25, 0.3) is 0 Å². The fourth-order valence-electron chi connectivity index (χ4n) is 4.40. The molecule has 3 amide bonds. The number of benzene rings is 2. The molecule has 0 aliphatic heterocycles. The molecule has 1 N–H and O–H groups in total. The molecular formula is C31H41N3O5S. The Morgan fingerprint density at radius 3 is 2.33 bits per heavy atom. The van der Waals surface area contributed by atoms with E-state index < -0.39 is 0 Å². The van der Waals surface area contributed by atoms with E-state index in [9.17, 15) is 9.59 Å². The molecule has 0 bridgehead atoms. The first-order valence-corrected chi connectivity index (χ1v) is 14.4. The Bertz CT molecular complexity index is 1210. The van der Waals surface area contributed by atoms with E-state index in [-0.39, 0.29) is 18.5 Å². The number of carbonyl (C=O) groups is 2. The molecule has 216 valence electrons. The Hall–Kier alpha value is -3.56. The molecule has 0 fully saturated rings.